The molecular weight excluding hydrogens is 338 g/mol. The van der Waals surface area contributed by atoms with Gasteiger partial charge in [-0.15, -0.1) is 11.3 Å². The molecular formula is C17H25N5O2S. The molecule has 0 spiro atoms. The Kier molecular flexibility index (Phi) is 5.39. The van der Waals surface area contributed by atoms with Crippen molar-refractivity contribution < 1.29 is 9.53 Å². The highest BCUT2D eigenvalue weighted by molar-refractivity contribution is 7.16. The summed E-state index contributed by atoms with van der Waals surface area (Å²) in [5.41, 5.74) is 0.955. The van der Waals surface area contributed by atoms with Gasteiger partial charge >= 0.3 is 6.03 Å². The van der Waals surface area contributed by atoms with Crippen LogP contribution >= 0.6 is 11.3 Å². The summed E-state index contributed by atoms with van der Waals surface area (Å²) in [6, 6.07) is -0.313. The van der Waals surface area contributed by atoms with Crippen LogP contribution < -0.4 is 10.6 Å². The van der Waals surface area contributed by atoms with Crippen LogP contribution in [-0.4, -0.2) is 33.2 Å². The third kappa shape index (κ3) is 4.19. The van der Waals surface area contributed by atoms with Crippen LogP contribution in [0.15, 0.2) is 12.4 Å². The Morgan fingerprint density at radius 2 is 2.32 bits per heavy atom. The summed E-state index contributed by atoms with van der Waals surface area (Å²) < 4.78 is 7.71. The molecule has 0 saturated carbocycles. The lowest BCUT2D eigenvalue weighted by atomic mass is 10.1. The standard InChI is InChI=1S/C17H25N5O2S/c1-10(2)9-13-16(25-11(3)19-13)21-17(23)20-12-5-8-24-14(12)15-18-6-7-22(15)4/h6-7,10,12,14H,5,8-9H2,1-4H3,(H2,20,21,23)/t12-,14-/m1/s1. The summed E-state index contributed by atoms with van der Waals surface area (Å²) in [6.45, 7) is 6.86. The van der Waals surface area contributed by atoms with Crippen molar-refractivity contribution in [1.82, 2.24) is 19.9 Å². The first-order chi connectivity index (χ1) is 11.9. The van der Waals surface area contributed by atoms with Gasteiger partial charge in [-0.3, -0.25) is 5.32 Å². The van der Waals surface area contributed by atoms with Crippen molar-refractivity contribution in [3.63, 3.8) is 0 Å². The molecule has 2 amide bonds. The van der Waals surface area contributed by atoms with Gasteiger partial charge in [-0.05, 0) is 25.7 Å². The lowest BCUT2D eigenvalue weighted by Crippen LogP contribution is -2.40. The van der Waals surface area contributed by atoms with Crippen LogP contribution in [0.1, 0.15) is 42.9 Å². The van der Waals surface area contributed by atoms with Crippen molar-refractivity contribution >= 4 is 22.4 Å². The lowest BCUT2D eigenvalue weighted by Gasteiger charge is -2.19. The van der Waals surface area contributed by atoms with E-state index in [-0.39, 0.29) is 18.2 Å². The van der Waals surface area contributed by atoms with E-state index in [2.05, 4.69) is 34.4 Å². The second kappa shape index (κ2) is 7.53. The molecule has 7 nitrogen and oxygen atoms in total. The fourth-order valence-corrected chi connectivity index (χ4v) is 3.89. The van der Waals surface area contributed by atoms with E-state index >= 15 is 0 Å². The number of nitrogens with zero attached hydrogens (tertiary/aromatic N) is 3. The molecule has 3 heterocycles. The van der Waals surface area contributed by atoms with Crippen LogP contribution in [0.3, 0.4) is 0 Å². The van der Waals surface area contributed by atoms with Crippen LogP contribution in [0.4, 0.5) is 9.80 Å². The molecule has 0 unspecified atom stereocenters. The molecule has 0 aliphatic carbocycles. The van der Waals surface area contributed by atoms with Gasteiger partial charge in [0, 0.05) is 26.0 Å². The van der Waals surface area contributed by atoms with Crippen LogP contribution in [0.2, 0.25) is 0 Å². The normalized spacial score (nSPS) is 20.2. The van der Waals surface area contributed by atoms with Crippen LogP contribution in [0.25, 0.3) is 0 Å². The predicted octanol–water partition coefficient (Wildman–Crippen LogP) is 3.04. The number of thiazole rings is 1. The molecule has 1 saturated heterocycles. The van der Waals surface area contributed by atoms with Crippen molar-refractivity contribution in [1.29, 1.82) is 0 Å². The minimum absolute atomic E-state index is 0.0938. The molecule has 0 bridgehead atoms. The maximum absolute atomic E-state index is 12.5. The molecule has 136 valence electrons. The molecule has 1 aliphatic heterocycles. The third-order valence-electron chi connectivity index (χ3n) is 4.15. The summed E-state index contributed by atoms with van der Waals surface area (Å²) in [5, 5.41) is 7.79. The largest absolute Gasteiger partial charge is 0.368 e. The van der Waals surface area contributed by atoms with Crippen molar-refractivity contribution in [3.05, 3.63) is 28.9 Å². The zero-order chi connectivity index (χ0) is 18.0. The Bertz CT molecular complexity index is 739. The third-order valence-corrected chi connectivity index (χ3v) is 5.08. The van der Waals surface area contributed by atoms with Gasteiger partial charge in [-0.1, -0.05) is 13.8 Å². The van der Waals surface area contributed by atoms with E-state index in [0.29, 0.717) is 12.5 Å². The summed E-state index contributed by atoms with van der Waals surface area (Å²) in [6.07, 6.45) is 5.02. The van der Waals surface area contributed by atoms with Gasteiger partial charge in [0.05, 0.1) is 16.7 Å². The van der Waals surface area contributed by atoms with Gasteiger partial charge in [0.2, 0.25) is 0 Å². The molecule has 2 aromatic rings. The van der Waals surface area contributed by atoms with E-state index in [0.717, 1.165) is 34.4 Å². The Morgan fingerprint density at radius 3 is 3.00 bits per heavy atom. The van der Waals surface area contributed by atoms with E-state index < -0.39 is 0 Å². The SMILES string of the molecule is Cc1nc(CC(C)C)c(NC(=O)N[C@@H]2CCO[C@H]2c2nccn2C)s1. The minimum atomic E-state index is -0.219. The number of anilines is 1. The number of urea groups is 1. The van der Waals surface area contributed by atoms with Crippen LogP contribution in [-0.2, 0) is 18.2 Å². The average molecular weight is 363 g/mol. The first-order valence-corrected chi connectivity index (χ1v) is 9.38. The lowest BCUT2D eigenvalue weighted by molar-refractivity contribution is 0.0913. The minimum Gasteiger partial charge on any atom is -0.368 e. The van der Waals surface area contributed by atoms with Gasteiger partial charge in [0.25, 0.3) is 0 Å². The smallest absolute Gasteiger partial charge is 0.320 e. The summed E-state index contributed by atoms with van der Waals surface area (Å²) >= 11 is 1.51. The first kappa shape index (κ1) is 17.9. The summed E-state index contributed by atoms with van der Waals surface area (Å²) in [4.78, 5) is 21.4. The highest BCUT2D eigenvalue weighted by atomic mass is 32.1. The van der Waals surface area contributed by atoms with E-state index in [1.54, 1.807) is 6.20 Å². The Balaban J connectivity index is 1.65. The Morgan fingerprint density at radius 1 is 1.52 bits per heavy atom. The van der Waals surface area contributed by atoms with E-state index in [1.165, 1.54) is 11.3 Å². The number of hydrogen-bond donors (Lipinski definition) is 2. The number of amides is 2. The second-order valence-corrected chi connectivity index (χ2v) is 7.99. The molecule has 2 N–H and O–H groups in total. The molecule has 1 fully saturated rings. The number of aromatic nitrogens is 3. The molecule has 1 aliphatic rings. The number of imidazole rings is 1. The zero-order valence-corrected chi connectivity index (χ0v) is 15.9. The number of nitrogens with one attached hydrogen (secondary N) is 2. The molecule has 25 heavy (non-hydrogen) atoms. The predicted molar refractivity (Wildman–Crippen MR) is 97.9 cm³/mol. The zero-order valence-electron chi connectivity index (χ0n) is 15.1. The molecule has 8 heteroatoms. The monoisotopic (exact) mass is 363 g/mol. The van der Waals surface area contributed by atoms with Gasteiger partial charge in [0.15, 0.2) is 0 Å². The quantitative estimate of drug-likeness (QED) is 0.855. The highest BCUT2D eigenvalue weighted by Gasteiger charge is 2.33. The van der Waals surface area contributed by atoms with Crippen molar-refractivity contribution in [3.8, 4) is 0 Å². The van der Waals surface area contributed by atoms with E-state index in [1.807, 2.05) is 24.7 Å². The van der Waals surface area contributed by atoms with Crippen LogP contribution in [0, 0.1) is 12.8 Å². The van der Waals surface area contributed by atoms with Gasteiger partial charge in [-0.25, -0.2) is 14.8 Å². The number of rotatable bonds is 5. The average Bonchev–Trinajstić information content (AvgIpc) is 3.20. The molecule has 2 atom stereocenters. The first-order valence-electron chi connectivity index (χ1n) is 8.56. The number of carbonyl (C=O) groups is 1. The van der Waals surface area contributed by atoms with Gasteiger partial charge < -0.3 is 14.6 Å². The molecule has 0 radical (unpaired) electrons. The molecule has 3 rings (SSSR count). The van der Waals surface area contributed by atoms with E-state index in [9.17, 15) is 4.79 Å². The Labute approximate surface area is 151 Å². The van der Waals surface area contributed by atoms with Crippen LogP contribution in [0.5, 0.6) is 0 Å². The fourth-order valence-electron chi connectivity index (χ4n) is 3.04. The number of aryl methyl sites for hydroxylation is 2. The van der Waals surface area contributed by atoms with Crippen molar-refractivity contribution in [2.24, 2.45) is 13.0 Å². The molecule has 2 aromatic heterocycles. The molecule has 0 aromatic carbocycles. The van der Waals surface area contributed by atoms with Crippen molar-refractivity contribution in [2.75, 3.05) is 11.9 Å². The topological polar surface area (TPSA) is 81.1 Å². The van der Waals surface area contributed by atoms with E-state index in [4.69, 9.17) is 4.74 Å². The number of carbonyl (C=O) groups excluding carboxylic acids is 1. The number of ether oxygens (including phenoxy) is 1. The highest BCUT2D eigenvalue weighted by Crippen LogP contribution is 2.29. The van der Waals surface area contributed by atoms with Gasteiger partial charge in [-0.2, -0.15) is 0 Å². The maximum Gasteiger partial charge on any atom is 0.320 e. The second-order valence-electron chi connectivity index (χ2n) is 6.79. The summed E-state index contributed by atoms with van der Waals surface area (Å²) in [7, 11) is 1.93. The maximum atomic E-state index is 12.5. The van der Waals surface area contributed by atoms with Crippen molar-refractivity contribution in [2.45, 2.75) is 45.8 Å². The fraction of sp³-hybridized carbons (Fsp3) is 0.588. The number of hydrogen-bond acceptors (Lipinski definition) is 5. The summed E-state index contributed by atoms with van der Waals surface area (Å²) in [5.74, 6) is 1.32. The van der Waals surface area contributed by atoms with Gasteiger partial charge in [0.1, 0.15) is 16.9 Å². The Hall–Kier alpha value is -1.93.